The Kier molecular flexibility index (Phi) is 3.33. The standard InChI is InChI=1S/C8H7IO3/c1-12-8(10)6-3-2-4-7(5-6)9-11/h2-5H,1H3. The minimum atomic E-state index is -1.20. The van der Waals surface area contributed by atoms with Crippen LogP contribution < -0.4 is 0 Å². The second kappa shape index (κ2) is 4.30. The highest BCUT2D eigenvalue weighted by atomic mass is 127. The van der Waals surface area contributed by atoms with Crippen LogP contribution in [0.2, 0.25) is 0 Å². The highest BCUT2D eigenvalue weighted by Crippen LogP contribution is 2.12. The van der Waals surface area contributed by atoms with Crippen LogP contribution in [0.25, 0.3) is 0 Å². The maximum atomic E-state index is 11.0. The van der Waals surface area contributed by atoms with E-state index < -0.39 is 27.2 Å². The van der Waals surface area contributed by atoms with Gasteiger partial charge in [0.15, 0.2) is 21.2 Å². The Hall–Kier alpha value is -0.780. The summed E-state index contributed by atoms with van der Waals surface area (Å²) in [4.78, 5) is 11.0. The van der Waals surface area contributed by atoms with Gasteiger partial charge in [-0.25, -0.2) is 4.79 Å². The molecule has 0 saturated carbocycles. The SMILES string of the molecule is COC(=O)c1cccc(I=O)c1. The molecule has 1 rings (SSSR count). The zero-order valence-electron chi connectivity index (χ0n) is 6.41. The highest BCUT2D eigenvalue weighted by molar-refractivity contribution is 14.1. The van der Waals surface area contributed by atoms with Crippen molar-refractivity contribution in [2.45, 2.75) is 0 Å². The Bertz CT molecular complexity index is 309. The van der Waals surface area contributed by atoms with Crippen LogP contribution in [0.1, 0.15) is 10.4 Å². The van der Waals surface area contributed by atoms with E-state index in [-0.39, 0.29) is 0 Å². The van der Waals surface area contributed by atoms with E-state index in [0.29, 0.717) is 9.13 Å². The number of rotatable bonds is 2. The normalized spacial score (nSPS) is 9.42. The molecule has 4 heteroatoms. The third-order valence-corrected chi connectivity index (χ3v) is 2.51. The van der Waals surface area contributed by atoms with Crippen molar-refractivity contribution in [1.82, 2.24) is 0 Å². The number of hydrogen-bond donors (Lipinski definition) is 0. The van der Waals surface area contributed by atoms with Crippen LogP contribution in [0.4, 0.5) is 0 Å². The van der Waals surface area contributed by atoms with Crippen LogP contribution in [-0.2, 0) is 7.81 Å². The van der Waals surface area contributed by atoms with Gasteiger partial charge in [-0.05, 0) is 18.2 Å². The number of esters is 1. The summed E-state index contributed by atoms with van der Waals surface area (Å²) in [7, 11) is 1.32. The van der Waals surface area contributed by atoms with Gasteiger partial charge in [-0.2, -0.15) is 0 Å². The summed E-state index contributed by atoms with van der Waals surface area (Å²) < 4.78 is 15.8. The van der Waals surface area contributed by atoms with Crippen molar-refractivity contribution in [3.63, 3.8) is 0 Å². The predicted molar refractivity (Wildman–Crippen MR) is 51.2 cm³/mol. The fraction of sp³-hybridized carbons (Fsp3) is 0.125. The molecule has 1 aromatic carbocycles. The smallest absolute Gasteiger partial charge is 0.337 e. The molecule has 0 amide bonds. The zero-order chi connectivity index (χ0) is 8.97. The van der Waals surface area contributed by atoms with Crippen LogP contribution in [0, 0.1) is 3.57 Å². The molecule has 0 aromatic heterocycles. The summed E-state index contributed by atoms with van der Waals surface area (Å²) in [6.07, 6.45) is 0. The molecular formula is C8H7IO3. The number of carbonyl (C=O) groups excluding carboxylic acids is 1. The second-order valence-electron chi connectivity index (χ2n) is 2.08. The molecule has 0 aliphatic heterocycles. The number of benzene rings is 1. The van der Waals surface area contributed by atoms with Crippen molar-refractivity contribution in [3.8, 4) is 0 Å². The van der Waals surface area contributed by atoms with Crippen LogP contribution in [-0.4, -0.2) is 13.1 Å². The van der Waals surface area contributed by atoms with Crippen molar-refractivity contribution in [2.75, 3.05) is 7.11 Å². The summed E-state index contributed by atoms with van der Waals surface area (Å²) in [5, 5.41) is 0. The van der Waals surface area contributed by atoms with E-state index in [4.69, 9.17) is 0 Å². The molecular weight excluding hydrogens is 271 g/mol. The first-order valence-electron chi connectivity index (χ1n) is 3.23. The Labute approximate surface area is 80.4 Å². The molecule has 1 aromatic rings. The fourth-order valence-electron chi connectivity index (χ4n) is 0.781. The molecule has 64 valence electrons. The lowest BCUT2D eigenvalue weighted by atomic mass is 10.2. The van der Waals surface area contributed by atoms with Gasteiger partial charge in [0, 0.05) is 3.57 Å². The zero-order valence-corrected chi connectivity index (χ0v) is 8.57. The van der Waals surface area contributed by atoms with Gasteiger partial charge in [0.05, 0.1) is 12.7 Å². The third-order valence-electron chi connectivity index (χ3n) is 1.33. The Morgan fingerprint density at radius 1 is 1.50 bits per heavy atom. The van der Waals surface area contributed by atoms with Crippen molar-refractivity contribution in [3.05, 3.63) is 33.4 Å². The molecule has 0 aliphatic rings. The van der Waals surface area contributed by atoms with Gasteiger partial charge in [-0.15, -0.1) is 0 Å². The average Bonchev–Trinajstić information content (AvgIpc) is 2.17. The number of halogens is 1. The second-order valence-corrected chi connectivity index (χ2v) is 3.77. The minimum Gasteiger partial charge on any atom is -0.465 e. The maximum absolute atomic E-state index is 11.0. The molecule has 0 radical (unpaired) electrons. The molecule has 0 aliphatic carbocycles. The molecule has 0 saturated heterocycles. The topological polar surface area (TPSA) is 43.4 Å². The van der Waals surface area contributed by atoms with Crippen molar-refractivity contribution < 1.29 is 12.6 Å². The molecule has 0 bridgehead atoms. The van der Waals surface area contributed by atoms with Crippen molar-refractivity contribution >= 4 is 27.2 Å². The Morgan fingerprint density at radius 2 is 2.25 bits per heavy atom. The van der Waals surface area contributed by atoms with E-state index in [2.05, 4.69) is 4.74 Å². The first-order valence-corrected chi connectivity index (χ1v) is 5.19. The molecule has 0 heterocycles. The quantitative estimate of drug-likeness (QED) is 0.613. The fourth-order valence-corrected chi connectivity index (χ4v) is 1.60. The lowest BCUT2D eigenvalue weighted by Crippen LogP contribution is -2.00. The molecule has 0 fully saturated rings. The summed E-state index contributed by atoms with van der Waals surface area (Å²) in [6, 6.07) is 6.65. The Balaban J connectivity index is 3.01. The number of ether oxygens (including phenoxy) is 1. The molecule has 3 nitrogen and oxygen atoms in total. The van der Waals surface area contributed by atoms with Gasteiger partial charge in [-0.1, -0.05) is 6.07 Å². The Morgan fingerprint density at radius 3 is 2.83 bits per heavy atom. The van der Waals surface area contributed by atoms with Crippen LogP contribution >= 0.6 is 21.2 Å². The minimum absolute atomic E-state index is 0.394. The maximum Gasteiger partial charge on any atom is 0.337 e. The highest BCUT2D eigenvalue weighted by Gasteiger charge is 2.04. The number of hydrogen-bond acceptors (Lipinski definition) is 3. The molecule has 0 spiro atoms. The van der Waals surface area contributed by atoms with E-state index in [9.17, 15) is 7.86 Å². The van der Waals surface area contributed by atoms with Gasteiger partial charge < -0.3 is 4.74 Å². The number of carbonyl (C=O) groups is 1. The third kappa shape index (κ3) is 2.10. The van der Waals surface area contributed by atoms with Crippen LogP contribution in [0.5, 0.6) is 0 Å². The van der Waals surface area contributed by atoms with E-state index in [1.165, 1.54) is 7.11 Å². The van der Waals surface area contributed by atoms with E-state index in [1.54, 1.807) is 24.3 Å². The van der Waals surface area contributed by atoms with Crippen LogP contribution in [0.15, 0.2) is 24.3 Å². The van der Waals surface area contributed by atoms with Crippen LogP contribution in [0.3, 0.4) is 0 Å². The monoisotopic (exact) mass is 278 g/mol. The van der Waals surface area contributed by atoms with Crippen molar-refractivity contribution in [2.24, 2.45) is 0 Å². The summed E-state index contributed by atoms with van der Waals surface area (Å²) in [5.74, 6) is -0.394. The predicted octanol–water partition coefficient (Wildman–Crippen LogP) is 1.96. The van der Waals surface area contributed by atoms with Gasteiger partial charge in [-0.3, -0.25) is 3.07 Å². The summed E-state index contributed by atoms with van der Waals surface area (Å²) >= 11 is -1.20. The molecule has 0 atom stereocenters. The van der Waals surface area contributed by atoms with Gasteiger partial charge in [0.1, 0.15) is 0 Å². The largest absolute Gasteiger partial charge is 0.465 e. The summed E-state index contributed by atoms with van der Waals surface area (Å²) in [5.41, 5.74) is 0.450. The number of methoxy groups -OCH3 is 1. The summed E-state index contributed by atoms with van der Waals surface area (Å²) in [6.45, 7) is 0. The molecule has 12 heavy (non-hydrogen) atoms. The molecule has 0 N–H and O–H groups in total. The van der Waals surface area contributed by atoms with Gasteiger partial charge in [0.2, 0.25) is 0 Å². The van der Waals surface area contributed by atoms with E-state index >= 15 is 0 Å². The lowest BCUT2D eigenvalue weighted by Gasteiger charge is -1.97. The van der Waals surface area contributed by atoms with E-state index in [1.807, 2.05) is 0 Å². The van der Waals surface area contributed by atoms with Crippen molar-refractivity contribution in [1.29, 1.82) is 0 Å². The van der Waals surface area contributed by atoms with Gasteiger partial charge in [0.25, 0.3) is 0 Å². The first-order chi connectivity index (χ1) is 5.77. The van der Waals surface area contributed by atoms with E-state index in [0.717, 1.165) is 0 Å². The molecule has 0 unspecified atom stereocenters. The first kappa shape index (κ1) is 9.31. The lowest BCUT2D eigenvalue weighted by molar-refractivity contribution is 0.0600. The van der Waals surface area contributed by atoms with Gasteiger partial charge >= 0.3 is 5.97 Å². The average molecular weight is 278 g/mol.